The van der Waals surface area contributed by atoms with E-state index in [2.05, 4.69) is 46.3 Å². The summed E-state index contributed by atoms with van der Waals surface area (Å²) in [5, 5.41) is 0. The molecule has 0 aromatic heterocycles. The van der Waals surface area contributed by atoms with Gasteiger partial charge in [-0.25, -0.2) is 0 Å². The van der Waals surface area contributed by atoms with Gasteiger partial charge >= 0.3 is 0 Å². The topological polar surface area (TPSA) is 46.4 Å². The fraction of sp³-hybridized carbons (Fsp3) is 0.360. The Hall–Kier alpha value is -2.76. The number of hydrogen-bond donors (Lipinski definition) is 0. The van der Waals surface area contributed by atoms with E-state index in [0.29, 0.717) is 0 Å². The second kappa shape index (κ2) is 7.18. The lowest BCUT2D eigenvalue weighted by Gasteiger charge is -2.35. The highest BCUT2D eigenvalue weighted by Crippen LogP contribution is 2.48. The lowest BCUT2D eigenvalue weighted by atomic mass is 10.0. The van der Waals surface area contributed by atoms with Crippen LogP contribution in [0.4, 0.5) is 5.69 Å². The number of hydrogen-bond acceptors (Lipinski definition) is 5. The molecule has 30 heavy (non-hydrogen) atoms. The van der Waals surface area contributed by atoms with Gasteiger partial charge in [0.25, 0.3) is 0 Å². The molecule has 2 aromatic carbocycles. The van der Waals surface area contributed by atoms with Gasteiger partial charge in [0.05, 0.1) is 31.0 Å². The second-order valence-corrected chi connectivity index (χ2v) is 8.46. The van der Waals surface area contributed by atoms with E-state index in [4.69, 9.17) is 14.5 Å². The summed E-state index contributed by atoms with van der Waals surface area (Å²) in [6.45, 7) is 4.47. The highest BCUT2D eigenvalue weighted by atomic mass is 16.5. The number of morpholine rings is 1. The third kappa shape index (κ3) is 3.18. The predicted octanol–water partition coefficient (Wildman–Crippen LogP) is 4.44. The smallest absolute Gasteiger partial charge is 0.129 e. The molecule has 0 bridgehead atoms. The monoisotopic (exact) mass is 399 g/mol. The van der Waals surface area contributed by atoms with Crippen LogP contribution in [0.25, 0.3) is 5.57 Å². The Morgan fingerprint density at radius 2 is 1.77 bits per heavy atom. The molecule has 1 saturated carbocycles. The Morgan fingerprint density at radius 1 is 0.967 bits per heavy atom. The number of rotatable bonds is 5. The van der Waals surface area contributed by atoms with Crippen LogP contribution in [0.5, 0.6) is 11.5 Å². The van der Waals surface area contributed by atoms with Crippen molar-refractivity contribution in [3.8, 4) is 11.5 Å². The van der Waals surface area contributed by atoms with Crippen LogP contribution < -0.4 is 4.74 Å². The van der Waals surface area contributed by atoms with E-state index in [-0.39, 0.29) is 5.54 Å². The molecule has 0 amide bonds. The minimum atomic E-state index is 0.179. The van der Waals surface area contributed by atoms with Gasteiger partial charge in [-0.2, -0.15) is 0 Å². The van der Waals surface area contributed by atoms with Crippen LogP contribution in [0.15, 0.2) is 58.5 Å². The molecule has 0 spiro atoms. The Bertz CT molecular complexity index is 1060. The molecule has 5 nitrogen and oxygen atoms in total. The summed E-state index contributed by atoms with van der Waals surface area (Å²) in [5.41, 5.74) is 6.31. The molecule has 3 heterocycles. The third-order valence-corrected chi connectivity index (χ3v) is 6.65. The van der Waals surface area contributed by atoms with Gasteiger partial charge in [-0.15, -0.1) is 0 Å². The molecule has 4 aliphatic rings. The standard InChI is InChI=1S/C25H25N3O2/c1-4-21(5-2-18(1)20-7-10-26-17-20)30-22-6-3-19-15-24(27-23(19)16-22)25(8-9-25)28-11-13-29-14-12-28/h1-7,10,16H,8-9,11-15,17H2. The molecule has 6 rings (SSSR count). The molecular weight excluding hydrogens is 374 g/mol. The minimum absolute atomic E-state index is 0.179. The maximum atomic E-state index is 6.13. The SMILES string of the molecule is C1=NCC(c2ccc(Oc3ccc4c(c3)N=C(C3(N5CCOCC5)CC3)C4)cc2)=C1. The van der Waals surface area contributed by atoms with E-state index in [1.807, 2.05) is 18.3 Å². The summed E-state index contributed by atoms with van der Waals surface area (Å²) >= 11 is 0. The van der Waals surface area contributed by atoms with Crippen LogP contribution >= 0.6 is 0 Å². The minimum Gasteiger partial charge on any atom is -0.457 e. The first kappa shape index (κ1) is 18.0. The average Bonchev–Trinajstić information content (AvgIpc) is 3.21. The highest BCUT2D eigenvalue weighted by Gasteiger charge is 2.53. The predicted molar refractivity (Wildman–Crippen MR) is 119 cm³/mol. The molecule has 3 aliphatic heterocycles. The molecule has 152 valence electrons. The summed E-state index contributed by atoms with van der Waals surface area (Å²) in [6, 6.07) is 14.6. The van der Waals surface area contributed by atoms with Crippen LogP contribution in [0.3, 0.4) is 0 Å². The van der Waals surface area contributed by atoms with Crippen molar-refractivity contribution in [1.82, 2.24) is 4.90 Å². The second-order valence-electron chi connectivity index (χ2n) is 8.46. The number of ether oxygens (including phenoxy) is 2. The number of nitrogens with zero attached hydrogens (tertiary/aromatic N) is 3. The summed E-state index contributed by atoms with van der Waals surface area (Å²) in [6.07, 6.45) is 7.33. The Labute approximate surface area is 176 Å². The largest absolute Gasteiger partial charge is 0.457 e. The van der Waals surface area contributed by atoms with Crippen molar-refractivity contribution in [3.05, 3.63) is 59.7 Å². The van der Waals surface area contributed by atoms with Gasteiger partial charge in [-0.3, -0.25) is 14.9 Å². The van der Waals surface area contributed by atoms with Crippen molar-refractivity contribution in [1.29, 1.82) is 0 Å². The third-order valence-electron chi connectivity index (χ3n) is 6.65. The number of aliphatic imine (C=N–C) groups is 2. The zero-order chi connectivity index (χ0) is 20.0. The highest BCUT2D eigenvalue weighted by molar-refractivity contribution is 6.03. The van der Waals surface area contributed by atoms with Crippen LogP contribution in [-0.2, 0) is 11.2 Å². The molecule has 0 radical (unpaired) electrons. The molecule has 0 unspecified atom stereocenters. The van der Waals surface area contributed by atoms with E-state index < -0.39 is 0 Å². The molecule has 1 aliphatic carbocycles. The fourth-order valence-corrected chi connectivity index (χ4v) is 4.80. The normalized spacial score (nSPS) is 21.9. The fourth-order valence-electron chi connectivity index (χ4n) is 4.80. The van der Waals surface area contributed by atoms with Crippen LogP contribution in [0.1, 0.15) is 24.0 Å². The first-order valence-corrected chi connectivity index (χ1v) is 10.8. The van der Waals surface area contributed by atoms with Gasteiger partial charge < -0.3 is 9.47 Å². The number of benzene rings is 2. The summed E-state index contributed by atoms with van der Waals surface area (Å²) < 4.78 is 11.7. The van der Waals surface area contributed by atoms with E-state index in [9.17, 15) is 0 Å². The molecule has 5 heteroatoms. The average molecular weight is 399 g/mol. The van der Waals surface area contributed by atoms with Crippen LogP contribution in [0, 0.1) is 0 Å². The summed E-state index contributed by atoms with van der Waals surface area (Å²) in [7, 11) is 0. The summed E-state index contributed by atoms with van der Waals surface area (Å²) in [5.74, 6) is 1.68. The van der Waals surface area contributed by atoms with E-state index in [1.165, 1.54) is 35.3 Å². The van der Waals surface area contributed by atoms with Crippen LogP contribution in [-0.4, -0.2) is 55.2 Å². The van der Waals surface area contributed by atoms with Crippen molar-refractivity contribution < 1.29 is 9.47 Å². The molecular formula is C25H25N3O2. The van der Waals surface area contributed by atoms with Gasteiger partial charge in [0.15, 0.2) is 0 Å². The van der Waals surface area contributed by atoms with Crippen molar-refractivity contribution >= 4 is 23.2 Å². The lowest BCUT2D eigenvalue weighted by molar-refractivity contribution is 0.0237. The quantitative estimate of drug-likeness (QED) is 0.747. The van der Waals surface area contributed by atoms with Gasteiger partial charge in [-0.05, 0) is 53.8 Å². The first-order valence-electron chi connectivity index (χ1n) is 10.8. The number of fused-ring (bicyclic) bond motifs is 1. The van der Waals surface area contributed by atoms with Gasteiger partial charge in [0.2, 0.25) is 0 Å². The van der Waals surface area contributed by atoms with E-state index >= 15 is 0 Å². The lowest BCUT2D eigenvalue weighted by Crippen LogP contribution is -2.49. The Morgan fingerprint density at radius 3 is 2.50 bits per heavy atom. The zero-order valence-corrected chi connectivity index (χ0v) is 17.0. The van der Waals surface area contributed by atoms with Crippen molar-refractivity contribution in [3.63, 3.8) is 0 Å². The molecule has 0 atom stereocenters. The molecule has 2 aromatic rings. The molecule has 2 fully saturated rings. The first-order chi connectivity index (χ1) is 14.8. The van der Waals surface area contributed by atoms with Crippen molar-refractivity contribution in [2.75, 3.05) is 32.8 Å². The molecule has 1 saturated heterocycles. The van der Waals surface area contributed by atoms with E-state index in [1.54, 1.807) is 0 Å². The number of allylic oxidation sites excluding steroid dienone is 1. The van der Waals surface area contributed by atoms with Gasteiger partial charge in [0.1, 0.15) is 11.5 Å². The maximum Gasteiger partial charge on any atom is 0.129 e. The van der Waals surface area contributed by atoms with E-state index in [0.717, 1.165) is 56.5 Å². The zero-order valence-electron chi connectivity index (χ0n) is 17.0. The van der Waals surface area contributed by atoms with Gasteiger partial charge in [-0.1, -0.05) is 18.2 Å². The van der Waals surface area contributed by atoms with Crippen molar-refractivity contribution in [2.24, 2.45) is 9.98 Å². The molecule has 0 N–H and O–H groups in total. The van der Waals surface area contributed by atoms with Crippen LogP contribution in [0.2, 0.25) is 0 Å². The summed E-state index contributed by atoms with van der Waals surface area (Å²) in [4.78, 5) is 11.9. The maximum absolute atomic E-state index is 6.13. The van der Waals surface area contributed by atoms with Gasteiger partial charge in [0, 0.05) is 37.5 Å². The van der Waals surface area contributed by atoms with Crippen molar-refractivity contribution in [2.45, 2.75) is 24.8 Å². The Kier molecular flexibility index (Phi) is 4.32. The Balaban J connectivity index is 1.19.